The fraction of sp³-hybridized carbons (Fsp3) is 0.611. The molecule has 3 rings (SSSR count). The normalized spacial score (nSPS) is 18.3. The number of ether oxygens (including phenoxy) is 4. The monoisotopic (exact) mass is 399 g/mol. The molecule has 1 saturated heterocycles. The second kappa shape index (κ2) is 8.90. The first-order chi connectivity index (χ1) is 13.0. The molecule has 1 aromatic carbocycles. The Hall–Kier alpha value is -1.84. The van der Waals surface area contributed by atoms with E-state index in [-0.39, 0.29) is 36.5 Å². The molecule has 0 unspecified atom stereocenters. The standard InChI is InChI=1S/C18H25NO7S/c1-2-23-9-10-26-18(20)14-5-7-19(8-6-14)27(21,22)15-3-4-16-17(13-15)25-12-11-24-16/h3-4,13-14H,2,5-12H2,1H3. The maximum atomic E-state index is 12.9. The molecule has 9 heteroatoms. The lowest BCUT2D eigenvalue weighted by molar-refractivity contribution is -0.151. The third-order valence-electron chi connectivity index (χ3n) is 4.61. The van der Waals surface area contributed by atoms with Crippen molar-refractivity contribution in [3.05, 3.63) is 18.2 Å². The molecule has 0 spiro atoms. The van der Waals surface area contributed by atoms with Gasteiger partial charge >= 0.3 is 5.97 Å². The highest BCUT2D eigenvalue weighted by Crippen LogP contribution is 2.34. The fourth-order valence-corrected chi connectivity index (χ4v) is 4.61. The summed E-state index contributed by atoms with van der Waals surface area (Å²) >= 11 is 0. The number of esters is 1. The Labute approximate surface area is 159 Å². The molecule has 1 aromatic rings. The van der Waals surface area contributed by atoms with Crippen LogP contribution in [0.1, 0.15) is 19.8 Å². The minimum Gasteiger partial charge on any atom is -0.486 e. The van der Waals surface area contributed by atoms with Crippen LogP contribution in [0.5, 0.6) is 11.5 Å². The van der Waals surface area contributed by atoms with Crippen LogP contribution >= 0.6 is 0 Å². The Morgan fingerprint density at radius 2 is 1.85 bits per heavy atom. The van der Waals surface area contributed by atoms with Crippen LogP contribution in [-0.2, 0) is 24.3 Å². The minimum atomic E-state index is -3.64. The minimum absolute atomic E-state index is 0.171. The largest absolute Gasteiger partial charge is 0.486 e. The van der Waals surface area contributed by atoms with Crippen molar-refractivity contribution >= 4 is 16.0 Å². The van der Waals surface area contributed by atoms with Crippen LogP contribution in [0, 0.1) is 5.92 Å². The smallest absolute Gasteiger partial charge is 0.309 e. The van der Waals surface area contributed by atoms with Crippen LogP contribution < -0.4 is 9.47 Å². The Balaban J connectivity index is 1.57. The third kappa shape index (κ3) is 4.72. The quantitative estimate of drug-likeness (QED) is 0.506. The predicted molar refractivity (Wildman–Crippen MR) is 96.4 cm³/mol. The van der Waals surface area contributed by atoms with E-state index in [1.165, 1.54) is 16.4 Å². The summed E-state index contributed by atoms with van der Waals surface area (Å²) in [6.45, 7) is 4.46. The maximum Gasteiger partial charge on any atom is 0.309 e. The van der Waals surface area contributed by atoms with E-state index in [9.17, 15) is 13.2 Å². The van der Waals surface area contributed by atoms with Gasteiger partial charge in [0.1, 0.15) is 19.8 Å². The highest BCUT2D eigenvalue weighted by atomic mass is 32.2. The number of rotatable bonds is 7. The lowest BCUT2D eigenvalue weighted by atomic mass is 9.98. The topological polar surface area (TPSA) is 91.4 Å². The van der Waals surface area contributed by atoms with Gasteiger partial charge in [-0.15, -0.1) is 0 Å². The van der Waals surface area contributed by atoms with Gasteiger partial charge in [0, 0.05) is 25.8 Å². The molecule has 0 N–H and O–H groups in total. The van der Waals surface area contributed by atoms with Crippen LogP contribution in [0.3, 0.4) is 0 Å². The molecule has 0 amide bonds. The van der Waals surface area contributed by atoms with Crippen molar-refractivity contribution in [2.24, 2.45) is 5.92 Å². The zero-order valence-corrected chi connectivity index (χ0v) is 16.2. The lowest BCUT2D eigenvalue weighted by Crippen LogP contribution is -2.40. The zero-order valence-electron chi connectivity index (χ0n) is 15.4. The first-order valence-electron chi connectivity index (χ1n) is 9.16. The predicted octanol–water partition coefficient (Wildman–Crippen LogP) is 1.44. The molecule has 27 heavy (non-hydrogen) atoms. The second-order valence-electron chi connectivity index (χ2n) is 6.35. The van der Waals surface area contributed by atoms with Gasteiger partial charge in [-0.25, -0.2) is 8.42 Å². The zero-order chi connectivity index (χ0) is 19.3. The summed E-state index contributed by atoms with van der Waals surface area (Å²) in [6.07, 6.45) is 0.883. The molecule has 0 aliphatic carbocycles. The van der Waals surface area contributed by atoms with E-state index >= 15 is 0 Å². The van der Waals surface area contributed by atoms with Gasteiger partial charge in [-0.1, -0.05) is 0 Å². The number of carbonyl (C=O) groups excluding carboxylic acids is 1. The molecule has 0 aromatic heterocycles. The number of fused-ring (bicyclic) bond motifs is 1. The summed E-state index contributed by atoms with van der Waals surface area (Å²) in [4.78, 5) is 12.2. The van der Waals surface area contributed by atoms with E-state index in [0.29, 0.717) is 50.8 Å². The van der Waals surface area contributed by atoms with Gasteiger partial charge in [-0.05, 0) is 31.9 Å². The Morgan fingerprint density at radius 3 is 2.56 bits per heavy atom. The molecule has 0 radical (unpaired) electrons. The Bertz CT molecular complexity index is 757. The highest BCUT2D eigenvalue weighted by molar-refractivity contribution is 7.89. The van der Waals surface area contributed by atoms with Crippen molar-refractivity contribution < 1.29 is 32.2 Å². The molecule has 0 atom stereocenters. The first-order valence-corrected chi connectivity index (χ1v) is 10.6. The SMILES string of the molecule is CCOCCOC(=O)C1CCN(S(=O)(=O)c2ccc3c(c2)OCCO3)CC1. The number of carbonyl (C=O) groups is 1. The molecule has 1 fully saturated rings. The van der Waals surface area contributed by atoms with E-state index in [1.54, 1.807) is 6.07 Å². The molecule has 0 saturated carbocycles. The van der Waals surface area contributed by atoms with Crippen LogP contribution in [0.25, 0.3) is 0 Å². The van der Waals surface area contributed by atoms with Gasteiger partial charge in [0.15, 0.2) is 11.5 Å². The van der Waals surface area contributed by atoms with E-state index < -0.39 is 10.0 Å². The summed E-state index contributed by atoms with van der Waals surface area (Å²) in [7, 11) is -3.64. The Kier molecular flexibility index (Phi) is 6.56. The van der Waals surface area contributed by atoms with E-state index in [4.69, 9.17) is 18.9 Å². The van der Waals surface area contributed by atoms with Crippen LogP contribution in [-0.4, -0.2) is 64.8 Å². The molecular weight excluding hydrogens is 374 g/mol. The number of benzene rings is 1. The highest BCUT2D eigenvalue weighted by Gasteiger charge is 2.33. The number of sulfonamides is 1. The third-order valence-corrected chi connectivity index (χ3v) is 6.51. The van der Waals surface area contributed by atoms with Gasteiger partial charge in [0.25, 0.3) is 0 Å². The maximum absolute atomic E-state index is 12.9. The molecule has 2 heterocycles. The molecule has 2 aliphatic rings. The van der Waals surface area contributed by atoms with Crippen molar-refractivity contribution in [1.29, 1.82) is 0 Å². The van der Waals surface area contributed by atoms with Gasteiger partial charge in [0.05, 0.1) is 17.4 Å². The van der Waals surface area contributed by atoms with E-state index in [0.717, 1.165) is 0 Å². The molecule has 150 valence electrons. The molecule has 0 bridgehead atoms. The van der Waals surface area contributed by atoms with Crippen LogP contribution in [0.2, 0.25) is 0 Å². The van der Waals surface area contributed by atoms with Gasteiger partial charge in [0.2, 0.25) is 10.0 Å². The number of hydrogen-bond donors (Lipinski definition) is 0. The van der Waals surface area contributed by atoms with Crippen molar-refractivity contribution in [2.45, 2.75) is 24.7 Å². The van der Waals surface area contributed by atoms with Gasteiger partial charge in [-0.2, -0.15) is 4.31 Å². The summed E-state index contributed by atoms with van der Waals surface area (Å²) in [6, 6.07) is 4.64. The molecule has 2 aliphatic heterocycles. The molecule has 8 nitrogen and oxygen atoms in total. The summed E-state index contributed by atoms with van der Waals surface area (Å²) in [5, 5.41) is 0. The number of hydrogen-bond acceptors (Lipinski definition) is 7. The molecular formula is C18H25NO7S. The second-order valence-corrected chi connectivity index (χ2v) is 8.29. The van der Waals surface area contributed by atoms with Crippen molar-refractivity contribution in [2.75, 3.05) is 46.1 Å². The van der Waals surface area contributed by atoms with Crippen molar-refractivity contribution in [3.8, 4) is 11.5 Å². The summed E-state index contributed by atoms with van der Waals surface area (Å²) in [5.74, 6) is 0.424. The van der Waals surface area contributed by atoms with Gasteiger partial charge < -0.3 is 18.9 Å². The number of nitrogens with zero attached hydrogens (tertiary/aromatic N) is 1. The van der Waals surface area contributed by atoms with E-state index in [1.807, 2.05) is 6.92 Å². The average molecular weight is 399 g/mol. The Morgan fingerprint density at radius 1 is 1.15 bits per heavy atom. The van der Waals surface area contributed by atoms with Crippen LogP contribution in [0.4, 0.5) is 0 Å². The summed E-state index contributed by atoms with van der Waals surface area (Å²) < 4.78 is 48.4. The van der Waals surface area contributed by atoms with E-state index in [2.05, 4.69) is 0 Å². The van der Waals surface area contributed by atoms with Crippen LogP contribution in [0.15, 0.2) is 23.1 Å². The fourth-order valence-electron chi connectivity index (χ4n) is 3.13. The van der Waals surface area contributed by atoms with Gasteiger partial charge in [-0.3, -0.25) is 4.79 Å². The number of piperidine rings is 1. The van der Waals surface area contributed by atoms with Crippen molar-refractivity contribution in [3.63, 3.8) is 0 Å². The average Bonchev–Trinajstić information content (AvgIpc) is 2.70. The summed E-state index contributed by atoms with van der Waals surface area (Å²) in [5.41, 5.74) is 0. The first kappa shape index (κ1) is 19.9. The van der Waals surface area contributed by atoms with Crippen molar-refractivity contribution in [1.82, 2.24) is 4.31 Å². The lowest BCUT2D eigenvalue weighted by Gasteiger charge is -2.30.